The van der Waals surface area contributed by atoms with E-state index >= 15 is 0 Å². The minimum absolute atomic E-state index is 0.0769. The number of fused-ring (bicyclic) bond motifs is 1. The van der Waals surface area contributed by atoms with Gasteiger partial charge in [0, 0.05) is 35.5 Å². The Labute approximate surface area is 165 Å². The second kappa shape index (κ2) is 7.24. The topological polar surface area (TPSA) is 84.6 Å². The van der Waals surface area contributed by atoms with Crippen molar-refractivity contribution in [3.63, 3.8) is 0 Å². The van der Waals surface area contributed by atoms with Crippen molar-refractivity contribution in [1.29, 1.82) is 0 Å². The van der Waals surface area contributed by atoms with Gasteiger partial charge in [-0.1, -0.05) is 18.2 Å². The maximum Gasteiger partial charge on any atom is 0.258 e. The van der Waals surface area contributed by atoms with Crippen molar-refractivity contribution in [2.24, 2.45) is 13.0 Å². The van der Waals surface area contributed by atoms with E-state index in [4.69, 9.17) is 4.74 Å². The Hall–Kier alpha value is -2.35. The number of rotatable bonds is 6. The summed E-state index contributed by atoms with van der Waals surface area (Å²) in [4.78, 5) is 16.8. The Balaban J connectivity index is 1.94. The molecule has 3 aromatic rings. The first-order valence-electron chi connectivity index (χ1n) is 9.38. The molecule has 6 nitrogen and oxygen atoms in total. The van der Waals surface area contributed by atoms with Crippen molar-refractivity contribution in [3.05, 3.63) is 53.1 Å². The lowest BCUT2D eigenvalue weighted by Crippen LogP contribution is -2.16. The van der Waals surface area contributed by atoms with Crippen LogP contribution in [-0.2, 0) is 7.05 Å². The lowest BCUT2D eigenvalue weighted by molar-refractivity contribution is 0.299. The summed E-state index contributed by atoms with van der Waals surface area (Å²) in [5, 5.41) is 1.64. The first-order valence-corrected chi connectivity index (χ1v) is 11.1. The summed E-state index contributed by atoms with van der Waals surface area (Å²) in [6.45, 7) is 2.33. The molecule has 7 heteroatoms. The Morgan fingerprint density at radius 1 is 1.21 bits per heavy atom. The highest BCUT2D eigenvalue weighted by molar-refractivity contribution is 8.24. The van der Waals surface area contributed by atoms with Gasteiger partial charge in [0.05, 0.1) is 12.8 Å². The molecule has 0 radical (unpaired) electrons. The standard InChI is InChI=1S/C21H24N2O4S/c1-3-28(25,26)20-10-17(19(11-22-20)27-13-14-8-9-14)18-12-23(2)21(24)16-7-5-4-6-15(16)18/h4-7,10-12,14,25-26H,3,8-9,13H2,1-2H3. The molecule has 28 heavy (non-hydrogen) atoms. The van der Waals surface area contributed by atoms with Gasteiger partial charge in [0.2, 0.25) is 0 Å². The molecule has 0 bridgehead atoms. The molecule has 1 fully saturated rings. The minimum atomic E-state index is -2.97. The van der Waals surface area contributed by atoms with Crippen molar-refractivity contribution in [2.45, 2.75) is 24.8 Å². The van der Waals surface area contributed by atoms with Gasteiger partial charge in [-0.2, -0.15) is 10.6 Å². The van der Waals surface area contributed by atoms with E-state index in [0.29, 0.717) is 29.2 Å². The molecule has 0 saturated heterocycles. The van der Waals surface area contributed by atoms with Crippen LogP contribution >= 0.6 is 10.6 Å². The van der Waals surface area contributed by atoms with Crippen LogP contribution in [0.3, 0.4) is 0 Å². The highest BCUT2D eigenvalue weighted by atomic mass is 32.3. The molecular weight excluding hydrogens is 376 g/mol. The van der Waals surface area contributed by atoms with Gasteiger partial charge in [0.1, 0.15) is 10.8 Å². The van der Waals surface area contributed by atoms with E-state index in [1.54, 1.807) is 43.1 Å². The maximum atomic E-state index is 12.5. The summed E-state index contributed by atoms with van der Waals surface area (Å²) in [6, 6.07) is 9.11. The van der Waals surface area contributed by atoms with Gasteiger partial charge in [0.15, 0.2) is 0 Å². The fraction of sp³-hybridized carbons (Fsp3) is 0.333. The van der Waals surface area contributed by atoms with Crippen LogP contribution < -0.4 is 10.3 Å². The number of hydrogen-bond donors (Lipinski definition) is 2. The van der Waals surface area contributed by atoms with Crippen LogP contribution in [0.5, 0.6) is 5.75 Å². The van der Waals surface area contributed by atoms with Gasteiger partial charge >= 0.3 is 0 Å². The predicted molar refractivity (Wildman–Crippen MR) is 112 cm³/mol. The number of aryl methyl sites for hydroxylation is 1. The summed E-state index contributed by atoms with van der Waals surface area (Å²) in [7, 11) is -1.26. The van der Waals surface area contributed by atoms with E-state index in [9.17, 15) is 13.9 Å². The van der Waals surface area contributed by atoms with E-state index in [-0.39, 0.29) is 16.3 Å². The Kier molecular flexibility index (Phi) is 4.91. The fourth-order valence-electron chi connectivity index (χ4n) is 3.20. The summed E-state index contributed by atoms with van der Waals surface area (Å²) in [6.07, 6.45) is 5.67. The number of pyridine rings is 2. The van der Waals surface area contributed by atoms with E-state index in [2.05, 4.69) is 4.98 Å². The number of ether oxygens (including phenoxy) is 1. The third-order valence-electron chi connectivity index (χ3n) is 5.13. The minimum Gasteiger partial charge on any atom is -0.491 e. The van der Waals surface area contributed by atoms with Gasteiger partial charge in [-0.15, -0.1) is 0 Å². The summed E-state index contributed by atoms with van der Waals surface area (Å²) in [5.74, 6) is 1.35. The second-order valence-electron chi connectivity index (χ2n) is 7.23. The largest absolute Gasteiger partial charge is 0.491 e. The van der Waals surface area contributed by atoms with Crippen LogP contribution in [0.1, 0.15) is 19.8 Å². The van der Waals surface area contributed by atoms with Gasteiger partial charge in [-0.3, -0.25) is 13.9 Å². The molecule has 0 spiro atoms. The smallest absolute Gasteiger partial charge is 0.258 e. The Bertz CT molecular complexity index is 1090. The average Bonchev–Trinajstić information content (AvgIpc) is 3.53. The van der Waals surface area contributed by atoms with Gasteiger partial charge in [-0.25, -0.2) is 4.98 Å². The van der Waals surface area contributed by atoms with Crippen molar-refractivity contribution in [1.82, 2.24) is 9.55 Å². The van der Waals surface area contributed by atoms with E-state index in [0.717, 1.165) is 10.9 Å². The van der Waals surface area contributed by atoms with Crippen molar-refractivity contribution < 1.29 is 13.8 Å². The molecule has 0 atom stereocenters. The molecule has 2 aromatic heterocycles. The van der Waals surface area contributed by atoms with Crippen molar-refractivity contribution in [3.8, 4) is 16.9 Å². The molecule has 2 heterocycles. The highest BCUT2D eigenvalue weighted by Gasteiger charge is 2.24. The highest BCUT2D eigenvalue weighted by Crippen LogP contribution is 2.48. The van der Waals surface area contributed by atoms with Crippen LogP contribution in [0.25, 0.3) is 21.9 Å². The summed E-state index contributed by atoms with van der Waals surface area (Å²) in [5.41, 5.74) is 1.44. The number of nitrogens with zero attached hydrogens (tertiary/aromatic N) is 2. The third kappa shape index (κ3) is 3.53. The molecule has 1 aliphatic carbocycles. The van der Waals surface area contributed by atoms with Crippen molar-refractivity contribution >= 4 is 21.4 Å². The van der Waals surface area contributed by atoms with E-state index in [1.165, 1.54) is 12.8 Å². The van der Waals surface area contributed by atoms with Crippen LogP contribution in [0.2, 0.25) is 0 Å². The Morgan fingerprint density at radius 2 is 1.93 bits per heavy atom. The normalized spacial score (nSPS) is 15.0. The van der Waals surface area contributed by atoms with Crippen molar-refractivity contribution in [2.75, 3.05) is 12.4 Å². The zero-order valence-electron chi connectivity index (χ0n) is 16.0. The molecule has 1 aliphatic rings. The first kappa shape index (κ1) is 19.0. The lowest BCUT2D eigenvalue weighted by atomic mass is 10.0. The zero-order valence-corrected chi connectivity index (χ0v) is 16.8. The van der Waals surface area contributed by atoms with E-state index < -0.39 is 10.6 Å². The number of benzene rings is 1. The molecule has 1 saturated carbocycles. The van der Waals surface area contributed by atoms with Crippen LogP contribution in [0.4, 0.5) is 0 Å². The second-order valence-corrected chi connectivity index (χ2v) is 9.56. The van der Waals surface area contributed by atoms with Gasteiger partial charge < -0.3 is 9.30 Å². The molecule has 0 aliphatic heterocycles. The fourth-order valence-corrected chi connectivity index (χ4v) is 4.02. The van der Waals surface area contributed by atoms with Gasteiger partial charge in [-0.05, 0) is 43.2 Å². The average molecular weight is 401 g/mol. The predicted octanol–water partition coefficient (Wildman–Crippen LogP) is 4.52. The summed E-state index contributed by atoms with van der Waals surface area (Å²) < 4.78 is 28.3. The van der Waals surface area contributed by atoms with E-state index in [1.807, 2.05) is 18.2 Å². The van der Waals surface area contributed by atoms with Gasteiger partial charge in [0.25, 0.3) is 5.56 Å². The maximum absolute atomic E-state index is 12.5. The molecule has 1 aromatic carbocycles. The van der Waals surface area contributed by atoms with Crippen LogP contribution in [0.15, 0.2) is 52.5 Å². The number of aromatic nitrogens is 2. The molecule has 148 valence electrons. The monoisotopic (exact) mass is 400 g/mol. The molecule has 0 unspecified atom stereocenters. The molecule has 2 N–H and O–H groups in total. The first-order chi connectivity index (χ1) is 13.4. The number of hydrogen-bond acceptors (Lipinski definition) is 5. The SMILES string of the molecule is CCS(O)(O)c1cc(-c2cn(C)c(=O)c3ccccc23)c(OCC2CC2)cn1. The zero-order chi connectivity index (χ0) is 19.9. The Morgan fingerprint density at radius 3 is 2.61 bits per heavy atom. The third-order valence-corrected chi connectivity index (χ3v) is 6.83. The lowest BCUT2D eigenvalue weighted by Gasteiger charge is -2.30. The van der Waals surface area contributed by atoms with Crippen LogP contribution in [-0.4, -0.2) is 31.0 Å². The quantitative estimate of drug-likeness (QED) is 0.635. The van der Waals surface area contributed by atoms with Crippen LogP contribution in [0, 0.1) is 5.92 Å². The molecule has 4 rings (SSSR count). The molecular formula is C21H24N2O4S. The summed E-state index contributed by atoms with van der Waals surface area (Å²) >= 11 is 0. The molecule has 0 amide bonds.